The Kier molecular flexibility index (Phi) is 4.55. The van der Waals surface area contributed by atoms with Gasteiger partial charge in [-0.05, 0) is 30.3 Å². The first-order valence-electron chi connectivity index (χ1n) is 7.15. The van der Waals surface area contributed by atoms with Gasteiger partial charge in [-0.3, -0.25) is 9.59 Å². The quantitative estimate of drug-likeness (QED) is 0.911. The lowest BCUT2D eigenvalue weighted by Crippen LogP contribution is -2.28. The third-order valence-corrected chi connectivity index (χ3v) is 4.13. The summed E-state index contributed by atoms with van der Waals surface area (Å²) in [4.78, 5) is 26.2. The van der Waals surface area contributed by atoms with Crippen molar-refractivity contribution in [3.8, 4) is 0 Å². The monoisotopic (exact) mass is 348 g/mol. The number of anilines is 2. The van der Waals surface area contributed by atoms with Gasteiger partial charge < -0.3 is 10.2 Å². The topological polar surface area (TPSA) is 49.4 Å². The molecule has 3 rings (SSSR count). The maximum Gasteiger partial charge on any atom is 0.229 e. The highest BCUT2D eigenvalue weighted by atomic mass is 35.5. The number of hydrogen-bond donors (Lipinski definition) is 1. The minimum absolute atomic E-state index is 0.0551. The second-order valence-electron chi connectivity index (χ2n) is 5.39. The van der Waals surface area contributed by atoms with Gasteiger partial charge in [-0.2, -0.15) is 0 Å². The highest BCUT2D eigenvalue weighted by Crippen LogP contribution is 2.27. The van der Waals surface area contributed by atoms with E-state index in [4.69, 9.17) is 23.2 Å². The van der Waals surface area contributed by atoms with E-state index in [0.717, 1.165) is 5.69 Å². The molecule has 0 radical (unpaired) electrons. The van der Waals surface area contributed by atoms with Crippen LogP contribution in [0.2, 0.25) is 10.0 Å². The van der Waals surface area contributed by atoms with Crippen molar-refractivity contribution in [1.82, 2.24) is 0 Å². The van der Waals surface area contributed by atoms with Crippen molar-refractivity contribution in [2.24, 2.45) is 5.92 Å². The third kappa shape index (κ3) is 3.66. The zero-order valence-corrected chi connectivity index (χ0v) is 13.6. The number of carbonyl (C=O) groups is 2. The Morgan fingerprint density at radius 3 is 2.39 bits per heavy atom. The normalized spacial score (nSPS) is 17.4. The fraction of sp³-hybridized carbons (Fsp3) is 0.176. The number of benzene rings is 2. The van der Waals surface area contributed by atoms with Crippen LogP contribution in [0, 0.1) is 5.92 Å². The zero-order chi connectivity index (χ0) is 16.4. The lowest BCUT2D eigenvalue weighted by Gasteiger charge is -2.16. The Labute approximate surface area is 144 Å². The smallest absolute Gasteiger partial charge is 0.229 e. The van der Waals surface area contributed by atoms with Gasteiger partial charge in [-0.25, -0.2) is 0 Å². The predicted octanol–water partition coefficient (Wildman–Crippen LogP) is 3.99. The first kappa shape index (κ1) is 15.8. The Bertz CT molecular complexity index is 729. The van der Waals surface area contributed by atoms with Gasteiger partial charge in [0, 0.05) is 34.4 Å². The highest BCUT2D eigenvalue weighted by Gasteiger charge is 2.35. The fourth-order valence-corrected chi connectivity index (χ4v) is 3.14. The summed E-state index contributed by atoms with van der Waals surface area (Å²) in [6.45, 7) is 0.364. The van der Waals surface area contributed by atoms with Gasteiger partial charge in [0.15, 0.2) is 0 Å². The molecule has 0 aliphatic carbocycles. The number of hydrogen-bond acceptors (Lipinski definition) is 2. The first-order chi connectivity index (χ1) is 11.0. The first-order valence-corrected chi connectivity index (χ1v) is 7.91. The molecular formula is C17H14Cl2N2O2. The summed E-state index contributed by atoms with van der Waals surface area (Å²) < 4.78 is 0. The molecular weight excluding hydrogens is 335 g/mol. The highest BCUT2D eigenvalue weighted by molar-refractivity contribution is 6.35. The average Bonchev–Trinajstić information content (AvgIpc) is 2.89. The molecule has 118 valence electrons. The number of nitrogens with zero attached hydrogens (tertiary/aromatic N) is 1. The largest absolute Gasteiger partial charge is 0.326 e. The maximum absolute atomic E-state index is 12.4. The Morgan fingerprint density at radius 1 is 1.09 bits per heavy atom. The van der Waals surface area contributed by atoms with E-state index in [2.05, 4.69) is 5.32 Å². The third-order valence-electron chi connectivity index (χ3n) is 3.69. The molecule has 1 N–H and O–H groups in total. The van der Waals surface area contributed by atoms with E-state index in [1.165, 1.54) is 0 Å². The summed E-state index contributed by atoms with van der Waals surface area (Å²) in [6.07, 6.45) is 0.190. The molecule has 0 saturated carbocycles. The molecule has 0 aromatic heterocycles. The van der Waals surface area contributed by atoms with Crippen LogP contribution in [-0.2, 0) is 9.59 Å². The van der Waals surface area contributed by atoms with Gasteiger partial charge in [-0.1, -0.05) is 41.4 Å². The number of amides is 2. The van der Waals surface area contributed by atoms with E-state index in [9.17, 15) is 9.59 Å². The van der Waals surface area contributed by atoms with E-state index in [-0.39, 0.29) is 18.2 Å². The molecule has 0 bridgehead atoms. The summed E-state index contributed by atoms with van der Waals surface area (Å²) in [5.74, 6) is -0.670. The Hall–Kier alpha value is -2.04. The second-order valence-corrected chi connectivity index (χ2v) is 6.26. The standard InChI is InChI=1S/C17H14Cl2N2O2/c18-12-7-13(19)9-14(8-12)20-17(23)11-6-16(22)21(10-11)15-4-2-1-3-5-15/h1-5,7-9,11H,6,10H2,(H,20,23)/t11-/m1/s1. The van der Waals surface area contributed by atoms with Crippen molar-refractivity contribution >= 4 is 46.4 Å². The van der Waals surface area contributed by atoms with Gasteiger partial charge in [0.25, 0.3) is 0 Å². The average molecular weight is 349 g/mol. The number of rotatable bonds is 3. The van der Waals surface area contributed by atoms with E-state index in [0.29, 0.717) is 22.3 Å². The van der Waals surface area contributed by atoms with Gasteiger partial charge in [-0.15, -0.1) is 0 Å². The number of para-hydroxylation sites is 1. The maximum atomic E-state index is 12.4. The zero-order valence-electron chi connectivity index (χ0n) is 12.1. The molecule has 1 fully saturated rings. The second kappa shape index (κ2) is 6.60. The van der Waals surface area contributed by atoms with E-state index >= 15 is 0 Å². The van der Waals surface area contributed by atoms with E-state index < -0.39 is 5.92 Å². The summed E-state index contributed by atoms with van der Waals surface area (Å²) in [5, 5.41) is 3.66. The van der Waals surface area contributed by atoms with Crippen LogP contribution in [0.15, 0.2) is 48.5 Å². The van der Waals surface area contributed by atoms with Crippen LogP contribution in [0.5, 0.6) is 0 Å². The van der Waals surface area contributed by atoms with Crippen LogP contribution in [-0.4, -0.2) is 18.4 Å². The molecule has 23 heavy (non-hydrogen) atoms. The molecule has 1 saturated heterocycles. The minimum Gasteiger partial charge on any atom is -0.326 e. The molecule has 0 spiro atoms. The van der Waals surface area contributed by atoms with Gasteiger partial charge >= 0.3 is 0 Å². The SMILES string of the molecule is O=C(Nc1cc(Cl)cc(Cl)c1)[C@@H]1CC(=O)N(c2ccccc2)C1. The number of carbonyl (C=O) groups excluding carboxylic acids is 2. The summed E-state index contributed by atoms with van der Waals surface area (Å²) in [7, 11) is 0. The summed E-state index contributed by atoms with van der Waals surface area (Å²) >= 11 is 11.8. The molecule has 2 aromatic carbocycles. The van der Waals surface area contributed by atoms with Crippen molar-refractivity contribution in [2.75, 3.05) is 16.8 Å². The van der Waals surface area contributed by atoms with Gasteiger partial charge in [0.05, 0.1) is 5.92 Å². The van der Waals surface area contributed by atoms with Gasteiger partial charge in [0.1, 0.15) is 0 Å². The van der Waals surface area contributed by atoms with E-state index in [1.54, 1.807) is 23.1 Å². The van der Waals surface area contributed by atoms with Crippen molar-refractivity contribution in [3.63, 3.8) is 0 Å². The Morgan fingerprint density at radius 2 is 1.74 bits per heavy atom. The molecule has 0 unspecified atom stereocenters. The minimum atomic E-state index is -0.402. The van der Waals surface area contributed by atoms with Crippen LogP contribution in [0.3, 0.4) is 0 Å². The van der Waals surface area contributed by atoms with Crippen molar-refractivity contribution in [2.45, 2.75) is 6.42 Å². The molecule has 2 amide bonds. The van der Waals surface area contributed by atoms with Crippen LogP contribution in [0.1, 0.15) is 6.42 Å². The molecule has 6 heteroatoms. The molecule has 4 nitrogen and oxygen atoms in total. The van der Waals surface area contributed by atoms with Crippen molar-refractivity contribution in [1.29, 1.82) is 0 Å². The number of halogens is 2. The number of nitrogens with one attached hydrogen (secondary N) is 1. The molecule has 1 aliphatic heterocycles. The lowest BCUT2D eigenvalue weighted by atomic mass is 10.1. The van der Waals surface area contributed by atoms with Crippen molar-refractivity contribution in [3.05, 3.63) is 58.6 Å². The fourth-order valence-electron chi connectivity index (χ4n) is 2.61. The molecule has 1 aliphatic rings. The lowest BCUT2D eigenvalue weighted by molar-refractivity contribution is -0.122. The van der Waals surface area contributed by atoms with Crippen LogP contribution >= 0.6 is 23.2 Å². The van der Waals surface area contributed by atoms with Crippen LogP contribution < -0.4 is 10.2 Å². The van der Waals surface area contributed by atoms with Crippen LogP contribution in [0.4, 0.5) is 11.4 Å². The Balaban J connectivity index is 1.70. The van der Waals surface area contributed by atoms with Crippen LogP contribution in [0.25, 0.3) is 0 Å². The van der Waals surface area contributed by atoms with E-state index in [1.807, 2.05) is 30.3 Å². The molecule has 2 aromatic rings. The molecule has 1 atom stereocenters. The predicted molar refractivity (Wildman–Crippen MR) is 92.0 cm³/mol. The summed E-state index contributed by atoms with van der Waals surface area (Å²) in [6, 6.07) is 14.2. The summed E-state index contributed by atoms with van der Waals surface area (Å²) in [5.41, 5.74) is 1.33. The molecule has 1 heterocycles. The van der Waals surface area contributed by atoms with Crippen molar-refractivity contribution < 1.29 is 9.59 Å². The van der Waals surface area contributed by atoms with Gasteiger partial charge in [0.2, 0.25) is 11.8 Å².